The maximum atomic E-state index is 9.91. The summed E-state index contributed by atoms with van der Waals surface area (Å²) >= 11 is 0. The van der Waals surface area contributed by atoms with Crippen LogP contribution in [0.1, 0.15) is 5.56 Å². The molecule has 4 rings (SSSR count). The number of fused-ring (bicyclic) bond motifs is 1. The van der Waals surface area contributed by atoms with Gasteiger partial charge in [0.05, 0.1) is 38.1 Å². The van der Waals surface area contributed by atoms with Gasteiger partial charge in [0.1, 0.15) is 11.8 Å². The van der Waals surface area contributed by atoms with E-state index in [2.05, 4.69) is 11.1 Å². The van der Waals surface area contributed by atoms with Crippen molar-refractivity contribution in [2.45, 2.75) is 0 Å². The first-order valence-electron chi connectivity index (χ1n) is 9.81. The third kappa shape index (κ3) is 3.82. The van der Waals surface area contributed by atoms with Crippen LogP contribution in [0, 0.1) is 11.3 Å². The molecule has 0 N–H and O–H groups in total. The summed E-state index contributed by atoms with van der Waals surface area (Å²) in [7, 11) is 4.70. The van der Waals surface area contributed by atoms with Crippen LogP contribution >= 0.6 is 0 Å². The third-order valence-corrected chi connectivity index (χ3v) is 4.92. The molecule has 0 radical (unpaired) electrons. The average molecular weight is 427 g/mol. The van der Waals surface area contributed by atoms with Crippen molar-refractivity contribution in [1.29, 1.82) is 5.26 Å². The normalized spacial score (nSPS) is 10.3. The number of ether oxygens (including phenoxy) is 3. The van der Waals surface area contributed by atoms with Gasteiger partial charge in [0.15, 0.2) is 23.0 Å². The molecule has 0 aliphatic heterocycles. The maximum Gasteiger partial charge on any atom is 0.197 e. The van der Waals surface area contributed by atoms with E-state index in [-0.39, 0.29) is 0 Å². The fourth-order valence-electron chi connectivity index (χ4n) is 3.39. The molecule has 0 saturated heterocycles. The van der Waals surface area contributed by atoms with Crippen LogP contribution in [-0.2, 0) is 0 Å². The molecule has 0 saturated carbocycles. The van der Waals surface area contributed by atoms with E-state index in [4.69, 9.17) is 19.0 Å². The molecule has 160 valence electrons. The van der Waals surface area contributed by atoms with E-state index >= 15 is 0 Å². The molecular weight excluding hydrogens is 406 g/mol. The van der Waals surface area contributed by atoms with Gasteiger partial charge in [-0.25, -0.2) is 0 Å². The zero-order valence-electron chi connectivity index (χ0n) is 17.9. The molecule has 0 spiro atoms. The minimum Gasteiger partial charge on any atom is -0.493 e. The fourth-order valence-corrected chi connectivity index (χ4v) is 3.39. The summed E-state index contributed by atoms with van der Waals surface area (Å²) in [6, 6.07) is 22.6. The largest absolute Gasteiger partial charge is 0.493 e. The van der Waals surface area contributed by atoms with Gasteiger partial charge in [-0.05, 0) is 30.3 Å². The number of nitriles is 1. The Bertz CT molecular complexity index is 1290. The Morgan fingerprint density at radius 2 is 1.41 bits per heavy atom. The first kappa shape index (κ1) is 20.8. The highest BCUT2D eigenvalue weighted by Crippen LogP contribution is 2.41. The molecular formula is C25H21N3O4. The first-order chi connectivity index (χ1) is 15.7. The standard InChI is InChI=1S/C25H21N3O4/c1-29-21-11-7-8-12-22(21)32-28(18-9-5-4-6-10-18)25-17(15-26)16-27-20-14-24(31-3)23(30-2)13-19(20)25/h4-14,16H,1-3H3. The Balaban J connectivity index is 2.00. The molecule has 1 heterocycles. The monoisotopic (exact) mass is 427 g/mol. The lowest BCUT2D eigenvalue weighted by Gasteiger charge is -2.27. The zero-order chi connectivity index (χ0) is 22.5. The van der Waals surface area contributed by atoms with Gasteiger partial charge in [-0.1, -0.05) is 30.3 Å². The number of benzene rings is 3. The maximum absolute atomic E-state index is 9.91. The van der Waals surface area contributed by atoms with E-state index in [9.17, 15) is 5.26 Å². The number of nitrogens with zero attached hydrogens (tertiary/aromatic N) is 3. The number of pyridine rings is 1. The van der Waals surface area contributed by atoms with E-state index in [1.54, 1.807) is 44.6 Å². The molecule has 1 aromatic heterocycles. The van der Waals surface area contributed by atoms with E-state index in [0.717, 1.165) is 5.69 Å². The zero-order valence-corrected chi connectivity index (χ0v) is 17.9. The molecule has 7 nitrogen and oxygen atoms in total. The van der Waals surface area contributed by atoms with Crippen molar-refractivity contribution < 1.29 is 19.0 Å². The quantitative estimate of drug-likeness (QED) is 0.372. The number of hydrogen-bond acceptors (Lipinski definition) is 7. The number of anilines is 2. The summed E-state index contributed by atoms with van der Waals surface area (Å²) < 4.78 is 16.4. The topological polar surface area (TPSA) is 76.8 Å². The van der Waals surface area contributed by atoms with Crippen LogP contribution < -0.4 is 24.1 Å². The molecule has 0 aliphatic rings. The highest BCUT2D eigenvalue weighted by atomic mass is 16.7. The predicted octanol–water partition coefficient (Wildman–Crippen LogP) is 5.26. The minimum atomic E-state index is 0.337. The van der Waals surface area contributed by atoms with Gasteiger partial charge in [-0.3, -0.25) is 4.98 Å². The van der Waals surface area contributed by atoms with Crippen LogP contribution in [0.3, 0.4) is 0 Å². The van der Waals surface area contributed by atoms with E-state index in [0.29, 0.717) is 45.2 Å². The highest BCUT2D eigenvalue weighted by molar-refractivity contribution is 5.98. The predicted molar refractivity (Wildman–Crippen MR) is 122 cm³/mol. The average Bonchev–Trinajstić information content (AvgIpc) is 2.86. The van der Waals surface area contributed by atoms with Crippen molar-refractivity contribution in [2.75, 3.05) is 26.4 Å². The number of rotatable bonds is 7. The van der Waals surface area contributed by atoms with Crippen molar-refractivity contribution in [3.63, 3.8) is 0 Å². The van der Waals surface area contributed by atoms with Gasteiger partial charge in [-0.2, -0.15) is 10.3 Å². The Labute approximate surface area is 185 Å². The van der Waals surface area contributed by atoms with Crippen LogP contribution in [0.15, 0.2) is 72.9 Å². The summed E-state index contributed by atoms with van der Waals surface area (Å²) in [6.45, 7) is 0. The Hall–Kier alpha value is -4.44. The van der Waals surface area contributed by atoms with Gasteiger partial charge in [0.25, 0.3) is 0 Å². The van der Waals surface area contributed by atoms with Crippen LogP contribution in [0.4, 0.5) is 11.4 Å². The molecule has 0 aliphatic carbocycles. The molecule has 7 heteroatoms. The SMILES string of the molecule is COc1cc2ncc(C#N)c(N(Oc3ccccc3OC)c3ccccc3)c2cc1OC. The highest BCUT2D eigenvalue weighted by Gasteiger charge is 2.23. The van der Waals surface area contributed by atoms with Gasteiger partial charge < -0.3 is 19.0 Å². The van der Waals surface area contributed by atoms with Gasteiger partial charge in [-0.15, -0.1) is 0 Å². The van der Waals surface area contributed by atoms with Gasteiger partial charge >= 0.3 is 0 Å². The smallest absolute Gasteiger partial charge is 0.197 e. The van der Waals surface area contributed by atoms with Crippen LogP contribution in [0.5, 0.6) is 23.0 Å². The van der Waals surface area contributed by atoms with Crippen molar-refractivity contribution in [3.8, 4) is 29.1 Å². The molecule has 0 fully saturated rings. The van der Waals surface area contributed by atoms with Gasteiger partial charge in [0.2, 0.25) is 0 Å². The lowest BCUT2D eigenvalue weighted by Crippen LogP contribution is -2.23. The second-order valence-corrected chi connectivity index (χ2v) is 6.73. The molecule has 32 heavy (non-hydrogen) atoms. The second kappa shape index (κ2) is 9.14. The molecule has 3 aromatic carbocycles. The number of methoxy groups -OCH3 is 3. The Kier molecular flexibility index (Phi) is 5.95. The van der Waals surface area contributed by atoms with Crippen molar-refractivity contribution in [1.82, 2.24) is 4.98 Å². The second-order valence-electron chi connectivity index (χ2n) is 6.73. The van der Waals surface area contributed by atoms with E-state index < -0.39 is 0 Å². The van der Waals surface area contributed by atoms with E-state index in [1.807, 2.05) is 48.5 Å². The molecule has 0 amide bonds. The van der Waals surface area contributed by atoms with E-state index in [1.165, 1.54) is 6.20 Å². The Morgan fingerprint density at radius 1 is 0.781 bits per heavy atom. The minimum absolute atomic E-state index is 0.337. The number of aromatic nitrogens is 1. The summed E-state index contributed by atoms with van der Waals surface area (Å²) in [5.74, 6) is 2.11. The van der Waals surface area contributed by atoms with Crippen LogP contribution in [0.2, 0.25) is 0 Å². The lowest BCUT2D eigenvalue weighted by molar-refractivity contribution is 0.299. The third-order valence-electron chi connectivity index (χ3n) is 4.92. The summed E-state index contributed by atoms with van der Waals surface area (Å²) in [6.07, 6.45) is 1.52. The molecule has 0 bridgehead atoms. The number of para-hydroxylation sites is 3. The lowest BCUT2D eigenvalue weighted by atomic mass is 10.1. The molecule has 0 atom stereocenters. The molecule has 0 unspecified atom stereocenters. The Morgan fingerprint density at radius 3 is 2.06 bits per heavy atom. The summed E-state index contributed by atoms with van der Waals surface area (Å²) in [4.78, 5) is 10.8. The summed E-state index contributed by atoms with van der Waals surface area (Å²) in [5.41, 5.74) is 2.21. The van der Waals surface area contributed by atoms with Crippen LogP contribution in [0.25, 0.3) is 10.9 Å². The van der Waals surface area contributed by atoms with Crippen molar-refractivity contribution in [3.05, 3.63) is 78.5 Å². The summed E-state index contributed by atoms with van der Waals surface area (Å²) in [5, 5.41) is 12.2. The van der Waals surface area contributed by atoms with Gasteiger partial charge in [0, 0.05) is 17.6 Å². The van der Waals surface area contributed by atoms with Crippen molar-refractivity contribution >= 4 is 22.3 Å². The molecule has 4 aromatic rings. The fraction of sp³-hybridized carbons (Fsp3) is 0.120. The van der Waals surface area contributed by atoms with Crippen LogP contribution in [-0.4, -0.2) is 26.3 Å². The first-order valence-corrected chi connectivity index (χ1v) is 9.81. The number of hydrogen-bond donors (Lipinski definition) is 0. The van der Waals surface area contributed by atoms with Crippen molar-refractivity contribution in [2.24, 2.45) is 0 Å².